The summed E-state index contributed by atoms with van der Waals surface area (Å²) < 4.78 is 26.3. The van der Waals surface area contributed by atoms with E-state index in [0.717, 1.165) is 12.1 Å². The molecule has 1 aromatic carbocycles. The van der Waals surface area contributed by atoms with Crippen LogP contribution in [0.25, 0.3) is 0 Å². The van der Waals surface area contributed by atoms with Gasteiger partial charge >= 0.3 is 0 Å². The summed E-state index contributed by atoms with van der Waals surface area (Å²) in [4.78, 5) is 0. The molecule has 0 radical (unpaired) electrons. The maximum Gasteiger partial charge on any atom is 0.131 e. The molecule has 4 heteroatoms. The van der Waals surface area contributed by atoms with Crippen molar-refractivity contribution in [2.24, 2.45) is 11.7 Å². The SMILES string of the molecule is CC(CN)C(O)c1c(F)cccc1F. The normalized spacial score (nSPS) is 15.2. The van der Waals surface area contributed by atoms with Crippen LogP contribution in [0.1, 0.15) is 18.6 Å². The van der Waals surface area contributed by atoms with Gasteiger partial charge in [-0.3, -0.25) is 0 Å². The second-order valence-corrected chi connectivity index (χ2v) is 3.29. The van der Waals surface area contributed by atoms with Gasteiger partial charge in [0.2, 0.25) is 0 Å². The van der Waals surface area contributed by atoms with E-state index in [4.69, 9.17) is 5.73 Å². The molecule has 0 bridgehead atoms. The van der Waals surface area contributed by atoms with Crippen LogP contribution in [0.3, 0.4) is 0 Å². The van der Waals surface area contributed by atoms with Crippen molar-refractivity contribution in [2.45, 2.75) is 13.0 Å². The van der Waals surface area contributed by atoms with Crippen LogP contribution in [0.4, 0.5) is 8.78 Å². The Bertz CT molecular complexity index is 297. The first-order valence-corrected chi connectivity index (χ1v) is 4.40. The van der Waals surface area contributed by atoms with Crippen molar-refractivity contribution in [1.82, 2.24) is 0 Å². The topological polar surface area (TPSA) is 46.2 Å². The van der Waals surface area contributed by atoms with E-state index in [9.17, 15) is 13.9 Å². The van der Waals surface area contributed by atoms with E-state index in [1.165, 1.54) is 6.07 Å². The summed E-state index contributed by atoms with van der Waals surface area (Å²) >= 11 is 0. The number of halogens is 2. The highest BCUT2D eigenvalue weighted by molar-refractivity contribution is 5.22. The molecule has 0 spiro atoms. The van der Waals surface area contributed by atoms with Gasteiger partial charge in [-0.05, 0) is 24.6 Å². The molecule has 3 N–H and O–H groups in total. The Morgan fingerprint density at radius 2 is 1.86 bits per heavy atom. The zero-order valence-electron chi connectivity index (χ0n) is 7.87. The molecular formula is C10H13F2NO. The number of benzene rings is 1. The lowest BCUT2D eigenvalue weighted by Gasteiger charge is -2.18. The van der Waals surface area contributed by atoms with Crippen LogP contribution < -0.4 is 5.73 Å². The molecule has 0 fully saturated rings. The molecule has 0 aliphatic rings. The minimum atomic E-state index is -1.19. The van der Waals surface area contributed by atoms with Crippen molar-refractivity contribution in [2.75, 3.05) is 6.54 Å². The third-order valence-electron chi connectivity index (χ3n) is 2.21. The summed E-state index contributed by atoms with van der Waals surface area (Å²) in [5, 5.41) is 9.59. The molecule has 0 heterocycles. The van der Waals surface area contributed by atoms with E-state index in [2.05, 4.69) is 0 Å². The highest BCUT2D eigenvalue weighted by atomic mass is 19.1. The van der Waals surface area contributed by atoms with Crippen LogP contribution in [0.15, 0.2) is 18.2 Å². The van der Waals surface area contributed by atoms with Gasteiger partial charge in [0.1, 0.15) is 11.6 Å². The summed E-state index contributed by atoms with van der Waals surface area (Å²) in [6.45, 7) is 1.81. The van der Waals surface area contributed by atoms with Gasteiger partial charge in [0, 0.05) is 0 Å². The predicted octanol–water partition coefficient (Wildman–Crippen LogP) is 1.59. The van der Waals surface area contributed by atoms with E-state index in [-0.39, 0.29) is 18.0 Å². The number of aliphatic hydroxyl groups is 1. The molecule has 14 heavy (non-hydrogen) atoms. The average Bonchev–Trinajstić information content (AvgIpc) is 2.16. The summed E-state index contributed by atoms with van der Waals surface area (Å²) in [6.07, 6.45) is -1.19. The van der Waals surface area contributed by atoms with Crippen molar-refractivity contribution < 1.29 is 13.9 Å². The lowest BCUT2D eigenvalue weighted by atomic mass is 9.97. The molecule has 2 unspecified atom stereocenters. The zero-order chi connectivity index (χ0) is 10.7. The fourth-order valence-electron chi connectivity index (χ4n) is 1.21. The van der Waals surface area contributed by atoms with E-state index in [1.807, 2.05) is 0 Å². The molecule has 1 rings (SSSR count). The van der Waals surface area contributed by atoms with Gasteiger partial charge in [0.15, 0.2) is 0 Å². The molecule has 78 valence electrons. The van der Waals surface area contributed by atoms with Crippen molar-refractivity contribution in [3.05, 3.63) is 35.4 Å². The molecule has 1 aromatic rings. The summed E-state index contributed by atoms with van der Waals surface area (Å²) in [7, 11) is 0. The average molecular weight is 201 g/mol. The number of hydrogen-bond acceptors (Lipinski definition) is 2. The van der Waals surface area contributed by atoms with Crippen molar-refractivity contribution in [3.63, 3.8) is 0 Å². The highest BCUT2D eigenvalue weighted by Crippen LogP contribution is 2.25. The van der Waals surface area contributed by atoms with Gasteiger partial charge in [0.25, 0.3) is 0 Å². The molecule has 0 saturated carbocycles. The molecule has 0 aromatic heterocycles. The Morgan fingerprint density at radius 1 is 1.36 bits per heavy atom. The first-order valence-electron chi connectivity index (χ1n) is 4.40. The Labute approximate surface area is 81.4 Å². The monoisotopic (exact) mass is 201 g/mol. The quantitative estimate of drug-likeness (QED) is 0.780. The number of rotatable bonds is 3. The number of aliphatic hydroxyl groups excluding tert-OH is 1. The number of nitrogens with two attached hydrogens (primary N) is 1. The highest BCUT2D eigenvalue weighted by Gasteiger charge is 2.22. The maximum absolute atomic E-state index is 13.2. The van der Waals surface area contributed by atoms with Crippen LogP contribution in [0.5, 0.6) is 0 Å². The minimum Gasteiger partial charge on any atom is -0.388 e. The van der Waals surface area contributed by atoms with Gasteiger partial charge in [-0.15, -0.1) is 0 Å². The largest absolute Gasteiger partial charge is 0.388 e. The van der Waals surface area contributed by atoms with E-state index >= 15 is 0 Å². The molecule has 0 amide bonds. The van der Waals surface area contributed by atoms with Crippen molar-refractivity contribution in [3.8, 4) is 0 Å². The molecule has 2 nitrogen and oxygen atoms in total. The van der Waals surface area contributed by atoms with Crippen LogP contribution in [0, 0.1) is 17.6 Å². The molecule has 2 atom stereocenters. The van der Waals surface area contributed by atoms with Crippen LogP contribution in [-0.2, 0) is 0 Å². The standard InChI is InChI=1S/C10H13F2NO/c1-6(5-13)10(14)9-7(11)3-2-4-8(9)12/h2-4,6,10,14H,5,13H2,1H3. The Balaban J connectivity index is 3.05. The third kappa shape index (κ3) is 2.08. The lowest BCUT2D eigenvalue weighted by Crippen LogP contribution is -2.20. The second-order valence-electron chi connectivity index (χ2n) is 3.29. The Morgan fingerprint density at radius 3 is 2.29 bits per heavy atom. The smallest absolute Gasteiger partial charge is 0.131 e. The van der Waals surface area contributed by atoms with Crippen LogP contribution >= 0.6 is 0 Å². The number of hydrogen-bond donors (Lipinski definition) is 2. The third-order valence-corrected chi connectivity index (χ3v) is 2.21. The zero-order valence-corrected chi connectivity index (χ0v) is 7.87. The minimum absolute atomic E-state index is 0.176. The molecule has 0 saturated heterocycles. The van der Waals surface area contributed by atoms with Crippen molar-refractivity contribution >= 4 is 0 Å². The van der Waals surface area contributed by atoms with E-state index in [1.54, 1.807) is 6.92 Å². The van der Waals surface area contributed by atoms with Gasteiger partial charge in [-0.1, -0.05) is 13.0 Å². The summed E-state index contributed by atoms with van der Waals surface area (Å²) in [5.41, 5.74) is 5.01. The second kappa shape index (κ2) is 4.48. The molecular weight excluding hydrogens is 188 g/mol. The first kappa shape index (κ1) is 11.1. The van der Waals surface area contributed by atoms with Gasteiger partial charge < -0.3 is 10.8 Å². The van der Waals surface area contributed by atoms with Gasteiger partial charge in [0.05, 0.1) is 11.7 Å². The fourth-order valence-corrected chi connectivity index (χ4v) is 1.21. The van der Waals surface area contributed by atoms with Crippen molar-refractivity contribution in [1.29, 1.82) is 0 Å². The molecule has 0 aliphatic heterocycles. The summed E-state index contributed by atoms with van der Waals surface area (Å²) in [5.74, 6) is -1.85. The predicted molar refractivity (Wildman–Crippen MR) is 49.5 cm³/mol. The maximum atomic E-state index is 13.2. The van der Waals surface area contributed by atoms with Crippen LogP contribution in [-0.4, -0.2) is 11.7 Å². The van der Waals surface area contributed by atoms with E-state index in [0.29, 0.717) is 0 Å². The van der Waals surface area contributed by atoms with E-state index < -0.39 is 17.7 Å². The molecule has 0 aliphatic carbocycles. The van der Waals surface area contributed by atoms with Gasteiger partial charge in [-0.25, -0.2) is 8.78 Å². The van der Waals surface area contributed by atoms with Gasteiger partial charge in [-0.2, -0.15) is 0 Å². The fraction of sp³-hybridized carbons (Fsp3) is 0.400. The lowest BCUT2D eigenvalue weighted by molar-refractivity contribution is 0.113. The summed E-state index contributed by atoms with van der Waals surface area (Å²) in [6, 6.07) is 3.49. The first-order chi connectivity index (χ1) is 6.57. The van der Waals surface area contributed by atoms with Crippen LogP contribution in [0.2, 0.25) is 0 Å². The Kier molecular flexibility index (Phi) is 3.55. The Hall–Kier alpha value is -1.00.